The molecule has 1 heterocycles. The zero-order valence-corrected chi connectivity index (χ0v) is 10.6. The van der Waals surface area contributed by atoms with Crippen molar-refractivity contribution in [3.63, 3.8) is 0 Å². The summed E-state index contributed by atoms with van der Waals surface area (Å²) in [6.07, 6.45) is 0.993. The first-order valence-electron chi connectivity index (χ1n) is 5.79. The summed E-state index contributed by atoms with van der Waals surface area (Å²) in [6.45, 7) is 3.95. The second kappa shape index (κ2) is 4.84. The first-order chi connectivity index (χ1) is 8.18. The molecule has 0 bridgehead atoms. The van der Waals surface area contributed by atoms with Gasteiger partial charge in [0.25, 0.3) is 0 Å². The van der Waals surface area contributed by atoms with Gasteiger partial charge in [0.15, 0.2) is 11.5 Å². The number of rotatable bonds is 4. The number of hydrogen-bond acceptors (Lipinski definition) is 4. The lowest BCUT2D eigenvalue weighted by Crippen LogP contribution is -2.34. The zero-order chi connectivity index (χ0) is 12.3. The fourth-order valence-corrected chi connectivity index (χ4v) is 2.08. The first kappa shape index (κ1) is 12.0. The Bertz CT molecular complexity index is 386. The number of hydrogen-bond donors (Lipinski definition) is 1. The van der Waals surface area contributed by atoms with Crippen LogP contribution in [0, 0.1) is 0 Å². The normalized spacial score (nSPS) is 23.5. The highest BCUT2D eigenvalue weighted by Gasteiger charge is 2.31. The Kier molecular flexibility index (Phi) is 3.43. The minimum Gasteiger partial charge on any atom is -0.493 e. The van der Waals surface area contributed by atoms with E-state index in [1.165, 1.54) is 0 Å². The van der Waals surface area contributed by atoms with Crippen molar-refractivity contribution in [1.82, 2.24) is 5.32 Å². The molecule has 0 amide bonds. The van der Waals surface area contributed by atoms with Crippen LogP contribution in [-0.2, 0) is 0 Å². The van der Waals surface area contributed by atoms with Crippen molar-refractivity contribution in [2.75, 3.05) is 27.3 Å². The zero-order valence-electron chi connectivity index (χ0n) is 10.6. The summed E-state index contributed by atoms with van der Waals surface area (Å²) < 4.78 is 16.7. The highest BCUT2D eigenvalue weighted by atomic mass is 16.5. The second-order valence-electron chi connectivity index (χ2n) is 4.47. The highest BCUT2D eigenvalue weighted by Crippen LogP contribution is 2.39. The molecule has 1 aliphatic heterocycles. The van der Waals surface area contributed by atoms with E-state index >= 15 is 0 Å². The molecule has 1 atom stereocenters. The highest BCUT2D eigenvalue weighted by molar-refractivity contribution is 5.51. The Morgan fingerprint density at radius 1 is 1.18 bits per heavy atom. The lowest BCUT2D eigenvalue weighted by Gasteiger charge is -2.26. The van der Waals surface area contributed by atoms with E-state index in [1.54, 1.807) is 14.2 Å². The van der Waals surface area contributed by atoms with Gasteiger partial charge >= 0.3 is 0 Å². The summed E-state index contributed by atoms with van der Waals surface area (Å²) >= 11 is 0. The lowest BCUT2D eigenvalue weighted by molar-refractivity contribution is 0.105. The molecule has 17 heavy (non-hydrogen) atoms. The van der Waals surface area contributed by atoms with Crippen molar-refractivity contribution in [2.45, 2.75) is 18.9 Å². The predicted molar refractivity (Wildman–Crippen MR) is 66.1 cm³/mol. The van der Waals surface area contributed by atoms with Crippen LogP contribution in [0.2, 0.25) is 0 Å². The molecule has 0 radical (unpaired) electrons. The molecule has 1 aromatic carbocycles. The largest absolute Gasteiger partial charge is 0.493 e. The van der Waals surface area contributed by atoms with Crippen LogP contribution < -0.4 is 19.5 Å². The first-order valence-corrected chi connectivity index (χ1v) is 5.79. The molecular formula is C13H19NO3. The molecular weight excluding hydrogens is 218 g/mol. The third-order valence-corrected chi connectivity index (χ3v) is 3.05. The molecule has 0 spiro atoms. The quantitative estimate of drug-likeness (QED) is 0.867. The summed E-state index contributed by atoms with van der Waals surface area (Å²) in [5.41, 5.74) is -0.167. The predicted octanol–water partition coefficient (Wildman–Crippen LogP) is 1.83. The van der Waals surface area contributed by atoms with Crippen LogP contribution in [0.25, 0.3) is 0 Å². The van der Waals surface area contributed by atoms with Crippen LogP contribution in [0.15, 0.2) is 18.2 Å². The van der Waals surface area contributed by atoms with Gasteiger partial charge in [0, 0.05) is 13.0 Å². The van der Waals surface area contributed by atoms with Crippen molar-refractivity contribution in [3.05, 3.63) is 18.2 Å². The van der Waals surface area contributed by atoms with Gasteiger partial charge in [-0.2, -0.15) is 0 Å². The molecule has 2 rings (SSSR count). The molecule has 1 unspecified atom stereocenters. The van der Waals surface area contributed by atoms with Gasteiger partial charge in [-0.25, -0.2) is 0 Å². The third kappa shape index (κ3) is 2.47. The number of methoxy groups -OCH3 is 2. The van der Waals surface area contributed by atoms with Crippen molar-refractivity contribution in [2.24, 2.45) is 0 Å². The number of ether oxygens (including phenoxy) is 3. The topological polar surface area (TPSA) is 39.7 Å². The summed E-state index contributed by atoms with van der Waals surface area (Å²) in [7, 11) is 3.25. The molecule has 1 saturated heterocycles. The van der Waals surface area contributed by atoms with Crippen LogP contribution in [-0.4, -0.2) is 32.9 Å². The maximum atomic E-state index is 6.06. The fourth-order valence-electron chi connectivity index (χ4n) is 2.08. The molecule has 1 aromatic rings. The van der Waals surface area contributed by atoms with E-state index in [0.29, 0.717) is 11.5 Å². The molecule has 4 nitrogen and oxygen atoms in total. The van der Waals surface area contributed by atoms with Gasteiger partial charge < -0.3 is 19.5 Å². The minimum atomic E-state index is -0.167. The van der Waals surface area contributed by atoms with Gasteiger partial charge in [-0.1, -0.05) is 6.07 Å². The molecule has 94 valence electrons. The van der Waals surface area contributed by atoms with Crippen LogP contribution in [0.5, 0.6) is 17.2 Å². The van der Waals surface area contributed by atoms with E-state index in [4.69, 9.17) is 14.2 Å². The summed E-state index contributed by atoms with van der Waals surface area (Å²) in [5, 5.41) is 3.30. The van der Waals surface area contributed by atoms with Crippen LogP contribution in [0.4, 0.5) is 0 Å². The van der Waals surface area contributed by atoms with E-state index in [0.717, 1.165) is 25.3 Å². The number of nitrogens with one attached hydrogen (secondary N) is 1. The third-order valence-electron chi connectivity index (χ3n) is 3.05. The average molecular weight is 237 g/mol. The van der Waals surface area contributed by atoms with Gasteiger partial charge in [-0.15, -0.1) is 0 Å². The van der Waals surface area contributed by atoms with Crippen LogP contribution >= 0.6 is 0 Å². The smallest absolute Gasteiger partial charge is 0.203 e. The SMILES string of the molecule is COc1cccc(OC2(C)CCNC2)c1OC. The standard InChI is InChI=1S/C13H19NO3/c1-13(7-8-14-9-13)17-11-6-4-5-10(15-2)12(11)16-3/h4-6,14H,7-9H2,1-3H3. The Morgan fingerprint density at radius 3 is 2.53 bits per heavy atom. The Morgan fingerprint density at radius 2 is 1.94 bits per heavy atom. The van der Waals surface area contributed by atoms with E-state index in [2.05, 4.69) is 12.2 Å². The van der Waals surface area contributed by atoms with Gasteiger partial charge in [0.2, 0.25) is 5.75 Å². The van der Waals surface area contributed by atoms with Crippen LogP contribution in [0.1, 0.15) is 13.3 Å². The van der Waals surface area contributed by atoms with E-state index in [1.807, 2.05) is 18.2 Å². The number of benzene rings is 1. The fraction of sp³-hybridized carbons (Fsp3) is 0.538. The van der Waals surface area contributed by atoms with Crippen molar-refractivity contribution in [1.29, 1.82) is 0 Å². The number of para-hydroxylation sites is 1. The van der Waals surface area contributed by atoms with Crippen molar-refractivity contribution >= 4 is 0 Å². The molecule has 0 aromatic heterocycles. The molecule has 1 N–H and O–H groups in total. The van der Waals surface area contributed by atoms with E-state index in [9.17, 15) is 0 Å². The molecule has 0 saturated carbocycles. The van der Waals surface area contributed by atoms with E-state index in [-0.39, 0.29) is 5.60 Å². The van der Waals surface area contributed by atoms with Crippen LogP contribution in [0.3, 0.4) is 0 Å². The lowest BCUT2D eigenvalue weighted by atomic mass is 10.1. The van der Waals surface area contributed by atoms with E-state index < -0.39 is 0 Å². The molecule has 1 aliphatic rings. The Balaban J connectivity index is 2.25. The summed E-state index contributed by atoms with van der Waals surface area (Å²) in [5.74, 6) is 2.08. The second-order valence-corrected chi connectivity index (χ2v) is 4.47. The van der Waals surface area contributed by atoms with Crippen molar-refractivity contribution < 1.29 is 14.2 Å². The Hall–Kier alpha value is -1.42. The summed E-state index contributed by atoms with van der Waals surface area (Å²) in [4.78, 5) is 0. The maximum Gasteiger partial charge on any atom is 0.203 e. The Labute approximate surface area is 102 Å². The van der Waals surface area contributed by atoms with Crippen molar-refractivity contribution in [3.8, 4) is 17.2 Å². The van der Waals surface area contributed by atoms with Gasteiger partial charge in [-0.05, 0) is 25.6 Å². The summed E-state index contributed by atoms with van der Waals surface area (Å²) in [6, 6.07) is 5.67. The molecule has 1 fully saturated rings. The minimum absolute atomic E-state index is 0.167. The average Bonchev–Trinajstić information content (AvgIpc) is 2.75. The monoisotopic (exact) mass is 237 g/mol. The van der Waals surface area contributed by atoms with Gasteiger partial charge in [0.05, 0.1) is 14.2 Å². The van der Waals surface area contributed by atoms with Gasteiger partial charge in [0.1, 0.15) is 5.60 Å². The molecule has 0 aliphatic carbocycles. The maximum absolute atomic E-state index is 6.06. The van der Waals surface area contributed by atoms with Gasteiger partial charge in [-0.3, -0.25) is 0 Å². The molecule has 4 heteroatoms.